The van der Waals surface area contributed by atoms with Crippen molar-refractivity contribution in [1.29, 1.82) is 0 Å². The first kappa shape index (κ1) is 23.0. The number of anilines is 1. The first-order chi connectivity index (χ1) is 11.7. The highest BCUT2D eigenvalue weighted by molar-refractivity contribution is 5.85. The fourth-order valence-corrected chi connectivity index (χ4v) is 3.52. The van der Waals surface area contributed by atoms with Crippen LogP contribution >= 0.6 is 24.8 Å². The molecule has 0 saturated carbocycles. The summed E-state index contributed by atoms with van der Waals surface area (Å²) in [4.78, 5) is 19.5. The summed E-state index contributed by atoms with van der Waals surface area (Å²) in [6, 6.07) is 4.05. The largest absolute Gasteiger partial charge is 0.381 e. The van der Waals surface area contributed by atoms with Crippen LogP contribution in [0.4, 0.5) is 5.82 Å². The molecule has 0 bridgehead atoms. The molecule has 0 atom stereocenters. The van der Waals surface area contributed by atoms with E-state index < -0.39 is 5.41 Å². The average molecular weight is 405 g/mol. The number of ether oxygens (including phenoxy) is 1. The molecular weight excluding hydrogens is 375 g/mol. The maximum Gasteiger partial charge on any atom is 0.227 e. The highest BCUT2D eigenvalue weighted by atomic mass is 35.5. The minimum atomic E-state index is -0.471. The van der Waals surface area contributed by atoms with Gasteiger partial charge in [0.05, 0.1) is 5.41 Å². The number of aromatic nitrogens is 1. The van der Waals surface area contributed by atoms with Gasteiger partial charge in [-0.3, -0.25) is 4.79 Å². The monoisotopic (exact) mass is 404 g/mol. The van der Waals surface area contributed by atoms with Gasteiger partial charge >= 0.3 is 0 Å². The van der Waals surface area contributed by atoms with E-state index in [1.165, 1.54) is 19.3 Å². The maximum atomic E-state index is 12.6. The normalized spacial score (nSPS) is 19.0. The van der Waals surface area contributed by atoms with Crippen LogP contribution in [-0.2, 0) is 16.1 Å². The number of carbonyl (C=O) groups is 1. The fourth-order valence-electron chi connectivity index (χ4n) is 3.52. The van der Waals surface area contributed by atoms with Crippen LogP contribution in [-0.4, -0.2) is 43.7 Å². The van der Waals surface area contributed by atoms with Crippen molar-refractivity contribution in [3.8, 4) is 0 Å². The van der Waals surface area contributed by atoms with E-state index in [1.54, 1.807) is 0 Å². The molecule has 2 saturated heterocycles. The lowest BCUT2D eigenvalue weighted by Crippen LogP contribution is -2.49. The minimum Gasteiger partial charge on any atom is -0.381 e. The fraction of sp³-hybridized carbons (Fsp3) is 0.667. The zero-order valence-corrected chi connectivity index (χ0v) is 16.7. The van der Waals surface area contributed by atoms with Crippen molar-refractivity contribution >= 4 is 36.5 Å². The Hall–Kier alpha value is -1.08. The second kappa shape index (κ2) is 10.9. The van der Waals surface area contributed by atoms with Gasteiger partial charge in [0.25, 0.3) is 0 Å². The van der Waals surface area contributed by atoms with E-state index in [9.17, 15) is 4.79 Å². The lowest BCUT2D eigenvalue weighted by molar-refractivity contribution is -0.136. The van der Waals surface area contributed by atoms with Crippen molar-refractivity contribution in [2.24, 2.45) is 11.1 Å². The number of pyridine rings is 1. The average Bonchev–Trinajstić information content (AvgIpc) is 2.67. The summed E-state index contributed by atoms with van der Waals surface area (Å²) in [7, 11) is 0. The van der Waals surface area contributed by atoms with E-state index in [-0.39, 0.29) is 30.7 Å². The van der Waals surface area contributed by atoms with Crippen LogP contribution < -0.4 is 16.0 Å². The Morgan fingerprint density at radius 1 is 1.23 bits per heavy atom. The predicted molar refractivity (Wildman–Crippen MR) is 108 cm³/mol. The number of piperidine rings is 1. The van der Waals surface area contributed by atoms with Gasteiger partial charge in [-0.15, -0.1) is 24.8 Å². The lowest BCUT2D eigenvalue weighted by atomic mass is 9.79. The molecule has 1 aromatic rings. The minimum absolute atomic E-state index is 0. The third kappa shape index (κ3) is 5.46. The molecule has 3 heterocycles. The van der Waals surface area contributed by atoms with Crippen molar-refractivity contribution in [2.75, 3.05) is 37.7 Å². The Labute approximate surface area is 168 Å². The molecule has 0 unspecified atom stereocenters. The molecule has 3 N–H and O–H groups in total. The zero-order chi connectivity index (χ0) is 16.8. The van der Waals surface area contributed by atoms with E-state index in [2.05, 4.69) is 21.3 Å². The van der Waals surface area contributed by atoms with Crippen LogP contribution in [0.5, 0.6) is 0 Å². The first-order valence-electron chi connectivity index (χ1n) is 8.99. The highest BCUT2D eigenvalue weighted by Gasteiger charge is 2.38. The third-order valence-corrected chi connectivity index (χ3v) is 5.27. The van der Waals surface area contributed by atoms with Gasteiger partial charge in [-0.1, -0.05) is 0 Å². The number of nitrogens with zero attached hydrogens (tertiary/aromatic N) is 2. The highest BCUT2D eigenvalue weighted by Crippen LogP contribution is 2.29. The SMILES string of the molecule is Cl.Cl.NCC1(C(=O)NCc2ccnc(N3CCCCC3)c2)CCOCC1. The molecule has 0 spiro atoms. The second-order valence-electron chi connectivity index (χ2n) is 6.85. The van der Waals surface area contributed by atoms with Crippen LogP contribution in [0.25, 0.3) is 0 Å². The van der Waals surface area contributed by atoms with Gasteiger partial charge < -0.3 is 20.7 Å². The Balaban J connectivity index is 0.00000169. The number of carbonyl (C=O) groups excluding carboxylic acids is 1. The molecule has 1 aromatic heterocycles. The second-order valence-corrected chi connectivity index (χ2v) is 6.85. The van der Waals surface area contributed by atoms with Gasteiger partial charge in [-0.2, -0.15) is 0 Å². The van der Waals surface area contributed by atoms with Crippen LogP contribution in [0.1, 0.15) is 37.7 Å². The molecule has 3 rings (SSSR count). The standard InChI is InChI=1S/C18H28N4O2.2ClH/c19-14-18(5-10-24-11-6-18)17(23)21-13-15-4-7-20-16(12-15)22-8-2-1-3-9-22;;/h4,7,12H,1-3,5-6,8-11,13-14,19H2,(H,21,23);2*1H. The number of rotatable bonds is 5. The molecule has 0 aromatic carbocycles. The van der Waals surface area contributed by atoms with Crippen molar-refractivity contribution < 1.29 is 9.53 Å². The molecular formula is C18H30Cl2N4O2. The van der Waals surface area contributed by atoms with Gasteiger partial charge in [0.15, 0.2) is 0 Å². The van der Waals surface area contributed by atoms with E-state index in [0.717, 1.165) is 24.5 Å². The number of hydrogen-bond acceptors (Lipinski definition) is 5. The number of amides is 1. The van der Waals surface area contributed by atoms with Gasteiger partial charge in [-0.05, 0) is 49.8 Å². The molecule has 0 radical (unpaired) electrons. The van der Waals surface area contributed by atoms with Crippen LogP contribution in [0.2, 0.25) is 0 Å². The van der Waals surface area contributed by atoms with Gasteiger partial charge in [-0.25, -0.2) is 4.98 Å². The molecule has 148 valence electrons. The van der Waals surface area contributed by atoms with E-state index in [4.69, 9.17) is 10.5 Å². The van der Waals surface area contributed by atoms with Gasteiger partial charge in [0, 0.05) is 45.6 Å². The molecule has 1 amide bonds. The Morgan fingerprint density at radius 2 is 1.92 bits per heavy atom. The molecule has 2 aliphatic heterocycles. The van der Waals surface area contributed by atoms with E-state index in [1.807, 2.05) is 12.3 Å². The molecule has 2 aliphatic rings. The molecule has 0 aliphatic carbocycles. The molecule has 26 heavy (non-hydrogen) atoms. The summed E-state index contributed by atoms with van der Waals surface area (Å²) >= 11 is 0. The maximum absolute atomic E-state index is 12.6. The number of halogens is 2. The number of nitrogens with one attached hydrogen (secondary N) is 1. The van der Waals surface area contributed by atoms with Crippen molar-refractivity contribution in [3.63, 3.8) is 0 Å². The Morgan fingerprint density at radius 3 is 2.58 bits per heavy atom. The summed E-state index contributed by atoms with van der Waals surface area (Å²) in [5, 5.41) is 3.07. The lowest BCUT2D eigenvalue weighted by Gasteiger charge is -2.34. The number of nitrogens with two attached hydrogens (primary N) is 1. The summed E-state index contributed by atoms with van der Waals surface area (Å²) in [6.07, 6.45) is 6.98. The van der Waals surface area contributed by atoms with Crippen molar-refractivity contribution in [2.45, 2.75) is 38.6 Å². The molecule has 6 nitrogen and oxygen atoms in total. The Kier molecular flexibility index (Phi) is 9.64. The van der Waals surface area contributed by atoms with E-state index >= 15 is 0 Å². The van der Waals surface area contributed by atoms with Gasteiger partial charge in [0.1, 0.15) is 5.82 Å². The third-order valence-electron chi connectivity index (χ3n) is 5.27. The first-order valence-corrected chi connectivity index (χ1v) is 8.99. The Bertz CT molecular complexity index is 562. The van der Waals surface area contributed by atoms with E-state index in [0.29, 0.717) is 39.1 Å². The van der Waals surface area contributed by atoms with Crippen LogP contribution in [0.15, 0.2) is 18.3 Å². The molecule has 8 heteroatoms. The van der Waals surface area contributed by atoms with Crippen LogP contribution in [0.3, 0.4) is 0 Å². The quantitative estimate of drug-likeness (QED) is 0.786. The van der Waals surface area contributed by atoms with Crippen LogP contribution in [0, 0.1) is 5.41 Å². The number of hydrogen-bond donors (Lipinski definition) is 2. The summed E-state index contributed by atoms with van der Waals surface area (Å²) < 4.78 is 5.37. The zero-order valence-electron chi connectivity index (χ0n) is 15.1. The van der Waals surface area contributed by atoms with Crippen molar-refractivity contribution in [1.82, 2.24) is 10.3 Å². The molecule has 2 fully saturated rings. The smallest absolute Gasteiger partial charge is 0.227 e. The van der Waals surface area contributed by atoms with Crippen molar-refractivity contribution in [3.05, 3.63) is 23.9 Å². The predicted octanol–water partition coefficient (Wildman–Crippen LogP) is 2.29. The summed E-state index contributed by atoms with van der Waals surface area (Å²) in [6.45, 7) is 4.25. The topological polar surface area (TPSA) is 80.5 Å². The van der Waals surface area contributed by atoms with Gasteiger partial charge in [0.2, 0.25) is 5.91 Å². The summed E-state index contributed by atoms with van der Waals surface area (Å²) in [5.41, 5.74) is 6.51. The summed E-state index contributed by atoms with van der Waals surface area (Å²) in [5.74, 6) is 1.06.